The summed E-state index contributed by atoms with van der Waals surface area (Å²) in [6, 6.07) is 10.9. The first-order chi connectivity index (χ1) is 12.5. The quantitative estimate of drug-likeness (QED) is 0.878. The predicted molar refractivity (Wildman–Crippen MR) is 93.7 cm³/mol. The monoisotopic (exact) mass is 357 g/mol. The Kier molecular flexibility index (Phi) is 5.32. The van der Waals surface area contributed by atoms with Crippen LogP contribution in [-0.4, -0.2) is 29.6 Å². The highest BCUT2D eigenvalue weighted by molar-refractivity contribution is 5.96. The van der Waals surface area contributed by atoms with Crippen LogP contribution in [0.25, 0.3) is 0 Å². The largest absolute Gasteiger partial charge is 0.478 e. The van der Waals surface area contributed by atoms with E-state index in [0.717, 1.165) is 30.0 Å². The Hall–Kier alpha value is -2.73. The second-order valence-electron chi connectivity index (χ2n) is 6.42. The number of carboxylic acid groups (broad SMARTS) is 1. The highest BCUT2D eigenvalue weighted by Gasteiger charge is 2.29. The zero-order valence-electron chi connectivity index (χ0n) is 14.4. The fraction of sp³-hybridized carbons (Fsp3) is 0.300. The number of carboxylic acids is 1. The van der Waals surface area contributed by atoms with Gasteiger partial charge in [0.05, 0.1) is 17.2 Å². The summed E-state index contributed by atoms with van der Waals surface area (Å²) in [4.78, 5) is 23.4. The Balaban J connectivity index is 1.78. The molecule has 2 aromatic carbocycles. The number of benzene rings is 2. The van der Waals surface area contributed by atoms with Crippen LogP contribution in [-0.2, 0) is 4.74 Å². The number of rotatable bonds is 4. The molecule has 0 radical (unpaired) electrons. The molecule has 6 heteroatoms. The molecule has 2 N–H and O–H groups in total. The Bertz CT molecular complexity index is 819. The summed E-state index contributed by atoms with van der Waals surface area (Å²) in [5, 5.41) is 11.7. The Morgan fingerprint density at radius 3 is 2.58 bits per heavy atom. The molecule has 0 spiro atoms. The zero-order chi connectivity index (χ0) is 18.7. The van der Waals surface area contributed by atoms with Crippen molar-refractivity contribution in [3.05, 3.63) is 70.5 Å². The van der Waals surface area contributed by atoms with E-state index in [4.69, 9.17) is 9.84 Å². The number of hydrogen-bond acceptors (Lipinski definition) is 3. The van der Waals surface area contributed by atoms with Crippen molar-refractivity contribution >= 4 is 11.9 Å². The molecule has 2 atom stereocenters. The smallest absolute Gasteiger partial charge is 0.335 e. The minimum Gasteiger partial charge on any atom is -0.478 e. The molecule has 0 aliphatic carbocycles. The third kappa shape index (κ3) is 3.91. The SMILES string of the molecule is Cc1ccc(C2OCCCC2NC(=O)c2ccc(C(=O)O)cc2F)cc1. The molecule has 1 aliphatic rings. The first-order valence-electron chi connectivity index (χ1n) is 8.47. The molecule has 1 amide bonds. The van der Waals surface area contributed by atoms with Crippen LogP contribution in [0.2, 0.25) is 0 Å². The van der Waals surface area contributed by atoms with E-state index in [1.807, 2.05) is 31.2 Å². The maximum atomic E-state index is 14.1. The number of hydrogen-bond donors (Lipinski definition) is 2. The Morgan fingerprint density at radius 1 is 1.19 bits per heavy atom. The second-order valence-corrected chi connectivity index (χ2v) is 6.42. The number of amides is 1. The Labute approximate surface area is 150 Å². The zero-order valence-corrected chi connectivity index (χ0v) is 14.4. The van der Waals surface area contributed by atoms with Gasteiger partial charge in [-0.15, -0.1) is 0 Å². The maximum Gasteiger partial charge on any atom is 0.335 e. The number of halogens is 1. The number of ether oxygens (including phenoxy) is 1. The van der Waals surface area contributed by atoms with Crippen molar-refractivity contribution in [2.45, 2.75) is 31.9 Å². The molecular weight excluding hydrogens is 337 g/mol. The van der Waals surface area contributed by atoms with Crippen molar-refractivity contribution in [3.63, 3.8) is 0 Å². The summed E-state index contributed by atoms with van der Waals surface area (Å²) in [7, 11) is 0. The van der Waals surface area contributed by atoms with Gasteiger partial charge in [0.25, 0.3) is 5.91 Å². The Morgan fingerprint density at radius 2 is 1.92 bits per heavy atom. The third-order valence-electron chi connectivity index (χ3n) is 4.51. The molecule has 0 saturated carbocycles. The highest BCUT2D eigenvalue weighted by Crippen LogP contribution is 2.29. The van der Waals surface area contributed by atoms with Gasteiger partial charge in [-0.3, -0.25) is 4.79 Å². The van der Waals surface area contributed by atoms with Crippen molar-refractivity contribution in [2.75, 3.05) is 6.61 Å². The van der Waals surface area contributed by atoms with Crippen molar-refractivity contribution in [3.8, 4) is 0 Å². The molecule has 1 fully saturated rings. The second kappa shape index (κ2) is 7.66. The lowest BCUT2D eigenvalue weighted by molar-refractivity contribution is -0.00950. The van der Waals surface area contributed by atoms with E-state index in [9.17, 15) is 14.0 Å². The summed E-state index contributed by atoms with van der Waals surface area (Å²) in [5.41, 5.74) is 1.72. The number of nitrogens with one attached hydrogen (secondary N) is 1. The molecule has 2 unspecified atom stereocenters. The highest BCUT2D eigenvalue weighted by atomic mass is 19.1. The lowest BCUT2D eigenvalue weighted by atomic mass is 9.95. The fourth-order valence-electron chi connectivity index (χ4n) is 3.09. The fourth-order valence-corrected chi connectivity index (χ4v) is 3.09. The minimum absolute atomic E-state index is 0.178. The molecule has 2 aromatic rings. The van der Waals surface area contributed by atoms with Crippen molar-refractivity contribution in [1.29, 1.82) is 0 Å². The summed E-state index contributed by atoms with van der Waals surface area (Å²) in [5.74, 6) is -2.67. The van der Waals surface area contributed by atoms with Gasteiger partial charge in [-0.05, 0) is 43.5 Å². The van der Waals surface area contributed by atoms with E-state index in [1.165, 1.54) is 12.1 Å². The number of carbonyl (C=O) groups excluding carboxylic acids is 1. The normalized spacial score (nSPS) is 19.8. The van der Waals surface area contributed by atoms with Gasteiger partial charge in [-0.2, -0.15) is 0 Å². The van der Waals surface area contributed by atoms with E-state index in [1.54, 1.807) is 0 Å². The standard InChI is InChI=1S/C20H20FNO4/c1-12-4-6-13(7-5-12)18-17(3-2-10-26-18)22-19(23)15-9-8-14(20(24)25)11-16(15)21/h4-9,11,17-18H,2-3,10H2,1H3,(H,22,23)(H,24,25). The molecule has 1 aliphatic heterocycles. The van der Waals surface area contributed by atoms with Crippen LogP contribution >= 0.6 is 0 Å². The maximum absolute atomic E-state index is 14.1. The number of carbonyl (C=O) groups is 2. The summed E-state index contributed by atoms with van der Waals surface area (Å²) in [6.45, 7) is 2.60. The van der Waals surface area contributed by atoms with Crippen LogP contribution in [0.1, 0.15) is 50.8 Å². The molecule has 3 rings (SSSR count). The summed E-state index contributed by atoms with van der Waals surface area (Å²) >= 11 is 0. The van der Waals surface area contributed by atoms with Gasteiger partial charge in [0.2, 0.25) is 0 Å². The van der Waals surface area contributed by atoms with Crippen molar-refractivity contribution < 1.29 is 23.8 Å². The van der Waals surface area contributed by atoms with Crippen LogP contribution in [0.15, 0.2) is 42.5 Å². The number of aromatic carboxylic acids is 1. The van der Waals surface area contributed by atoms with Crippen LogP contribution in [0.3, 0.4) is 0 Å². The van der Waals surface area contributed by atoms with Gasteiger partial charge in [0.1, 0.15) is 11.9 Å². The first kappa shape index (κ1) is 18.1. The van der Waals surface area contributed by atoms with Gasteiger partial charge in [0.15, 0.2) is 0 Å². The van der Waals surface area contributed by atoms with Crippen LogP contribution in [0, 0.1) is 12.7 Å². The molecule has 0 bridgehead atoms. The van der Waals surface area contributed by atoms with Gasteiger partial charge >= 0.3 is 5.97 Å². The van der Waals surface area contributed by atoms with E-state index >= 15 is 0 Å². The van der Waals surface area contributed by atoms with Crippen LogP contribution in [0.4, 0.5) is 4.39 Å². The molecule has 136 valence electrons. The van der Waals surface area contributed by atoms with Gasteiger partial charge in [-0.1, -0.05) is 29.8 Å². The minimum atomic E-state index is -1.24. The third-order valence-corrected chi connectivity index (χ3v) is 4.51. The number of aryl methyl sites for hydroxylation is 1. The van der Waals surface area contributed by atoms with Crippen LogP contribution in [0.5, 0.6) is 0 Å². The molecule has 0 aromatic heterocycles. The lowest BCUT2D eigenvalue weighted by Crippen LogP contribution is -2.43. The first-order valence-corrected chi connectivity index (χ1v) is 8.47. The molecule has 26 heavy (non-hydrogen) atoms. The summed E-state index contributed by atoms with van der Waals surface area (Å²) < 4.78 is 20.0. The predicted octanol–water partition coefficient (Wildman–Crippen LogP) is 3.48. The molecular formula is C20H20FNO4. The van der Waals surface area contributed by atoms with E-state index in [0.29, 0.717) is 6.61 Å². The molecule has 1 saturated heterocycles. The molecule has 5 nitrogen and oxygen atoms in total. The topological polar surface area (TPSA) is 75.6 Å². The van der Waals surface area contributed by atoms with Crippen LogP contribution < -0.4 is 5.32 Å². The molecule has 1 heterocycles. The van der Waals surface area contributed by atoms with E-state index in [-0.39, 0.29) is 23.3 Å². The van der Waals surface area contributed by atoms with Crippen molar-refractivity contribution in [2.24, 2.45) is 0 Å². The van der Waals surface area contributed by atoms with E-state index in [2.05, 4.69) is 5.32 Å². The van der Waals surface area contributed by atoms with Gasteiger partial charge in [-0.25, -0.2) is 9.18 Å². The average molecular weight is 357 g/mol. The van der Waals surface area contributed by atoms with Gasteiger partial charge < -0.3 is 15.2 Å². The van der Waals surface area contributed by atoms with Crippen molar-refractivity contribution in [1.82, 2.24) is 5.32 Å². The van der Waals surface area contributed by atoms with Gasteiger partial charge in [0, 0.05) is 6.61 Å². The lowest BCUT2D eigenvalue weighted by Gasteiger charge is -2.32. The summed E-state index contributed by atoms with van der Waals surface area (Å²) in [6.07, 6.45) is 1.22. The van der Waals surface area contributed by atoms with E-state index < -0.39 is 17.7 Å². The average Bonchev–Trinajstić information content (AvgIpc) is 2.62.